The van der Waals surface area contributed by atoms with Gasteiger partial charge < -0.3 is 5.32 Å². The van der Waals surface area contributed by atoms with Crippen molar-refractivity contribution in [3.63, 3.8) is 0 Å². The van der Waals surface area contributed by atoms with Crippen molar-refractivity contribution >= 4 is 40.1 Å². The van der Waals surface area contributed by atoms with E-state index in [0.717, 1.165) is 16.3 Å². The Morgan fingerprint density at radius 3 is 2.50 bits per heavy atom. The van der Waals surface area contributed by atoms with Gasteiger partial charge in [0.1, 0.15) is 10.8 Å². The van der Waals surface area contributed by atoms with Crippen LogP contribution in [0, 0.1) is 0 Å². The molecule has 0 saturated carbocycles. The summed E-state index contributed by atoms with van der Waals surface area (Å²) in [6.07, 6.45) is 4.05. The van der Waals surface area contributed by atoms with Crippen LogP contribution in [0.2, 0.25) is 0 Å². The SMILES string of the molecule is O=C(CCC(=O)NCc1nc(-c2ccncc2)cs1)CCC(=O)c1cccs1. The lowest BCUT2D eigenvalue weighted by molar-refractivity contribution is -0.125. The normalized spacial score (nSPS) is 10.6. The van der Waals surface area contributed by atoms with E-state index in [1.807, 2.05) is 29.0 Å². The fourth-order valence-corrected chi connectivity index (χ4v) is 3.94. The van der Waals surface area contributed by atoms with E-state index in [2.05, 4.69) is 15.3 Å². The summed E-state index contributed by atoms with van der Waals surface area (Å²) < 4.78 is 0. The van der Waals surface area contributed by atoms with E-state index in [4.69, 9.17) is 0 Å². The molecule has 0 aliphatic heterocycles. The van der Waals surface area contributed by atoms with Crippen LogP contribution in [0.4, 0.5) is 0 Å². The number of carbonyl (C=O) groups is 3. The summed E-state index contributed by atoms with van der Waals surface area (Å²) in [5, 5.41) is 7.36. The highest BCUT2D eigenvalue weighted by Gasteiger charge is 2.12. The molecular weight excluding hydrogens is 394 g/mol. The first-order valence-corrected chi connectivity index (χ1v) is 10.6. The molecule has 3 heterocycles. The number of carbonyl (C=O) groups excluding carboxylic acids is 3. The lowest BCUT2D eigenvalue weighted by atomic mass is 10.1. The quantitative estimate of drug-likeness (QED) is 0.509. The summed E-state index contributed by atoms with van der Waals surface area (Å²) in [6.45, 7) is 0.333. The number of thiazole rings is 1. The maximum absolute atomic E-state index is 12.0. The number of pyridine rings is 1. The van der Waals surface area contributed by atoms with E-state index in [1.54, 1.807) is 18.5 Å². The average molecular weight is 414 g/mol. The zero-order valence-electron chi connectivity index (χ0n) is 15.1. The Labute approximate surface area is 170 Å². The minimum atomic E-state index is -0.196. The van der Waals surface area contributed by atoms with Crippen molar-refractivity contribution in [3.8, 4) is 11.3 Å². The second-order valence-corrected chi connectivity index (χ2v) is 7.97. The van der Waals surface area contributed by atoms with Gasteiger partial charge in [0.05, 0.1) is 17.1 Å². The molecule has 6 nitrogen and oxygen atoms in total. The third-order valence-corrected chi connectivity index (χ3v) is 5.78. The number of aromatic nitrogens is 2. The number of nitrogens with one attached hydrogen (secondary N) is 1. The average Bonchev–Trinajstić information content (AvgIpc) is 3.42. The molecule has 0 saturated heterocycles. The predicted octanol–water partition coefficient (Wildman–Crippen LogP) is 3.90. The van der Waals surface area contributed by atoms with Crippen molar-refractivity contribution in [2.45, 2.75) is 32.2 Å². The standard InChI is InChI=1S/C20H19N3O3S2/c24-15(3-5-17(25)18-2-1-11-27-18)4-6-19(26)22-12-20-23-16(13-28-20)14-7-9-21-10-8-14/h1-2,7-11,13H,3-6,12H2,(H,22,26). The number of hydrogen-bond donors (Lipinski definition) is 1. The van der Waals surface area contributed by atoms with Crippen molar-refractivity contribution in [3.05, 3.63) is 57.3 Å². The second-order valence-electron chi connectivity index (χ2n) is 6.08. The molecule has 0 radical (unpaired) electrons. The van der Waals surface area contributed by atoms with E-state index in [-0.39, 0.29) is 43.2 Å². The van der Waals surface area contributed by atoms with Gasteiger partial charge in [0.15, 0.2) is 5.78 Å². The van der Waals surface area contributed by atoms with Gasteiger partial charge in [-0.2, -0.15) is 0 Å². The largest absolute Gasteiger partial charge is 0.350 e. The first-order chi connectivity index (χ1) is 13.6. The molecule has 0 bridgehead atoms. The zero-order chi connectivity index (χ0) is 19.8. The number of thiophene rings is 1. The Kier molecular flexibility index (Phi) is 7.16. The minimum absolute atomic E-state index is 0.0263. The van der Waals surface area contributed by atoms with Gasteiger partial charge in [-0.25, -0.2) is 4.98 Å². The van der Waals surface area contributed by atoms with Crippen LogP contribution >= 0.6 is 22.7 Å². The van der Waals surface area contributed by atoms with Gasteiger partial charge >= 0.3 is 0 Å². The van der Waals surface area contributed by atoms with Gasteiger partial charge in [-0.05, 0) is 23.6 Å². The van der Waals surface area contributed by atoms with Gasteiger partial charge in [0.25, 0.3) is 0 Å². The van der Waals surface area contributed by atoms with Crippen LogP contribution in [0.25, 0.3) is 11.3 Å². The van der Waals surface area contributed by atoms with Crippen LogP contribution in [-0.2, 0) is 16.1 Å². The van der Waals surface area contributed by atoms with E-state index in [0.29, 0.717) is 11.4 Å². The molecule has 1 N–H and O–H groups in total. The van der Waals surface area contributed by atoms with Gasteiger partial charge in [0.2, 0.25) is 5.91 Å². The molecular formula is C20H19N3O3S2. The number of rotatable bonds is 10. The van der Waals surface area contributed by atoms with Crippen LogP contribution in [0.5, 0.6) is 0 Å². The predicted molar refractivity (Wildman–Crippen MR) is 109 cm³/mol. The Bertz CT molecular complexity index is 937. The summed E-state index contributed by atoms with van der Waals surface area (Å²) in [5.74, 6) is -0.297. The van der Waals surface area contributed by atoms with E-state index >= 15 is 0 Å². The van der Waals surface area contributed by atoms with Crippen molar-refractivity contribution in [1.29, 1.82) is 0 Å². The zero-order valence-corrected chi connectivity index (χ0v) is 16.7. The Morgan fingerprint density at radius 1 is 0.964 bits per heavy atom. The fraction of sp³-hybridized carbons (Fsp3) is 0.250. The maximum atomic E-state index is 12.0. The van der Waals surface area contributed by atoms with Crippen molar-refractivity contribution in [2.75, 3.05) is 0 Å². The molecule has 0 atom stereocenters. The van der Waals surface area contributed by atoms with E-state index < -0.39 is 0 Å². The second kappa shape index (κ2) is 10.0. The third kappa shape index (κ3) is 5.90. The Hall–Kier alpha value is -2.71. The summed E-state index contributed by atoms with van der Waals surface area (Å²) in [4.78, 5) is 44.9. The molecule has 28 heavy (non-hydrogen) atoms. The Balaban J connectivity index is 1.36. The van der Waals surface area contributed by atoms with Crippen LogP contribution in [0.3, 0.4) is 0 Å². The summed E-state index contributed by atoms with van der Waals surface area (Å²) in [5.41, 5.74) is 1.83. The first kappa shape index (κ1) is 20.0. The van der Waals surface area contributed by atoms with Crippen LogP contribution in [0.15, 0.2) is 47.4 Å². The molecule has 0 spiro atoms. The highest BCUT2D eigenvalue weighted by Crippen LogP contribution is 2.21. The third-order valence-electron chi connectivity index (χ3n) is 4.02. The van der Waals surface area contributed by atoms with Crippen LogP contribution < -0.4 is 5.32 Å². The molecule has 3 aromatic rings. The van der Waals surface area contributed by atoms with E-state index in [1.165, 1.54) is 22.7 Å². The van der Waals surface area contributed by atoms with Crippen LogP contribution in [-0.4, -0.2) is 27.4 Å². The molecule has 0 unspecified atom stereocenters. The summed E-state index contributed by atoms with van der Waals surface area (Å²) >= 11 is 2.84. The molecule has 8 heteroatoms. The Morgan fingerprint density at radius 2 is 1.75 bits per heavy atom. The number of amides is 1. The van der Waals surface area contributed by atoms with Gasteiger partial charge in [-0.15, -0.1) is 22.7 Å². The van der Waals surface area contributed by atoms with E-state index in [9.17, 15) is 14.4 Å². The number of hydrogen-bond acceptors (Lipinski definition) is 7. The lowest BCUT2D eigenvalue weighted by Gasteiger charge is -2.03. The smallest absolute Gasteiger partial charge is 0.220 e. The molecule has 1 amide bonds. The number of nitrogens with zero attached hydrogens (tertiary/aromatic N) is 2. The summed E-state index contributed by atoms with van der Waals surface area (Å²) in [6, 6.07) is 7.33. The molecule has 3 rings (SSSR count). The monoisotopic (exact) mass is 413 g/mol. The topological polar surface area (TPSA) is 89.0 Å². The van der Waals surface area contributed by atoms with Gasteiger partial charge in [-0.3, -0.25) is 19.4 Å². The molecule has 0 fully saturated rings. The fourth-order valence-electron chi connectivity index (χ4n) is 2.50. The minimum Gasteiger partial charge on any atom is -0.350 e. The van der Waals surface area contributed by atoms with Gasteiger partial charge in [-0.1, -0.05) is 6.07 Å². The highest BCUT2D eigenvalue weighted by atomic mass is 32.1. The molecule has 0 aliphatic rings. The lowest BCUT2D eigenvalue weighted by Crippen LogP contribution is -2.23. The number of Topliss-reactive ketones (excluding diaryl/α,β-unsaturated/α-hetero) is 2. The molecule has 0 aromatic carbocycles. The molecule has 0 aliphatic carbocycles. The van der Waals surface area contributed by atoms with Crippen molar-refractivity contribution < 1.29 is 14.4 Å². The maximum Gasteiger partial charge on any atom is 0.220 e. The van der Waals surface area contributed by atoms with Crippen molar-refractivity contribution in [2.24, 2.45) is 0 Å². The first-order valence-electron chi connectivity index (χ1n) is 8.81. The molecule has 144 valence electrons. The summed E-state index contributed by atoms with van der Waals surface area (Å²) in [7, 11) is 0. The number of ketones is 2. The van der Waals surface area contributed by atoms with Crippen molar-refractivity contribution in [1.82, 2.24) is 15.3 Å². The van der Waals surface area contributed by atoms with Crippen LogP contribution in [0.1, 0.15) is 40.4 Å². The molecule has 3 aromatic heterocycles. The highest BCUT2D eigenvalue weighted by molar-refractivity contribution is 7.12. The van der Waals surface area contributed by atoms with Gasteiger partial charge in [0, 0.05) is 49.0 Å².